The van der Waals surface area contributed by atoms with Crippen LogP contribution in [0.15, 0.2) is 107 Å². The van der Waals surface area contributed by atoms with Gasteiger partial charge in [-0.3, -0.25) is 0 Å². The molecule has 0 aliphatic carbocycles. The molecule has 0 aliphatic heterocycles. The average molecular weight is 530 g/mol. The van der Waals surface area contributed by atoms with E-state index in [2.05, 4.69) is 0 Å². The van der Waals surface area contributed by atoms with E-state index in [-0.39, 0.29) is 8.61 Å². The molecule has 0 unspecified atom stereocenters. The third-order valence-corrected chi connectivity index (χ3v) is 9.60. The second-order valence-corrected chi connectivity index (χ2v) is 11.6. The second-order valence-electron chi connectivity index (χ2n) is 7.69. The number of sulfonamides is 2. The zero-order chi connectivity index (χ0) is 25.9. The number of hydrogen-bond acceptors (Lipinski definition) is 5. The van der Waals surface area contributed by atoms with Gasteiger partial charge in [-0.25, -0.2) is 25.6 Å². The lowest BCUT2D eigenvalue weighted by Gasteiger charge is -2.22. The number of hydrogen-bond donors (Lipinski definition) is 0. The van der Waals surface area contributed by atoms with Crippen molar-refractivity contribution in [2.75, 3.05) is 13.8 Å². The SMILES string of the molecule is COCN(S(=O)(=O)c1ccc(-c2ccccc2)c(-c2ccccc2)c1)S(=O)(=O)c1cccc(F)c1F. The number of nitrogens with zero attached hydrogens (tertiary/aromatic N) is 1. The van der Waals surface area contributed by atoms with Crippen LogP contribution in [-0.4, -0.2) is 34.4 Å². The first-order valence-electron chi connectivity index (χ1n) is 10.6. The average Bonchev–Trinajstić information content (AvgIpc) is 2.89. The van der Waals surface area contributed by atoms with Crippen molar-refractivity contribution in [1.29, 1.82) is 0 Å². The molecule has 4 aromatic carbocycles. The van der Waals surface area contributed by atoms with E-state index in [9.17, 15) is 25.6 Å². The zero-order valence-electron chi connectivity index (χ0n) is 19.0. The molecule has 4 aromatic rings. The highest BCUT2D eigenvalue weighted by molar-refractivity contribution is 8.04. The molecule has 0 radical (unpaired) electrons. The van der Waals surface area contributed by atoms with Crippen molar-refractivity contribution in [3.8, 4) is 22.3 Å². The van der Waals surface area contributed by atoms with Crippen LogP contribution in [0.2, 0.25) is 0 Å². The third kappa shape index (κ3) is 4.80. The lowest BCUT2D eigenvalue weighted by atomic mass is 9.95. The van der Waals surface area contributed by atoms with Crippen molar-refractivity contribution < 1.29 is 30.4 Å². The van der Waals surface area contributed by atoms with Crippen molar-refractivity contribution in [1.82, 2.24) is 3.71 Å². The Kier molecular flexibility index (Phi) is 7.32. The van der Waals surface area contributed by atoms with E-state index in [0.29, 0.717) is 11.1 Å². The van der Waals surface area contributed by atoms with Crippen LogP contribution in [0.25, 0.3) is 22.3 Å². The highest BCUT2D eigenvalue weighted by atomic mass is 32.3. The van der Waals surface area contributed by atoms with Gasteiger partial charge in [-0.05, 0) is 46.5 Å². The summed E-state index contributed by atoms with van der Waals surface area (Å²) in [5.74, 6) is -3.11. The van der Waals surface area contributed by atoms with Crippen molar-refractivity contribution >= 4 is 20.0 Å². The molecule has 0 atom stereocenters. The highest BCUT2D eigenvalue weighted by Crippen LogP contribution is 2.36. The van der Waals surface area contributed by atoms with E-state index >= 15 is 0 Å². The summed E-state index contributed by atoms with van der Waals surface area (Å²) >= 11 is 0. The van der Waals surface area contributed by atoms with Gasteiger partial charge in [-0.15, -0.1) is 0 Å². The maximum atomic E-state index is 14.4. The Morgan fingerprint density at radius 3 is 1.86 bits per heavy atom. The number of rotatable bonds is 8. The van der Waals surface area contributed by atoms with Crippen LogP contribution in [0.4, 0.5) is 8.78 Å². The molecule has 0 aliphatic rings. The van der Waals surface area contributed by atoms with Crippen LogP contribution in [0.1, 0.15) is 0 Å². The molecule has 0 spiro atoms. The van der Waals surface area contributed by atoms with Gasteiger partial charge in [0, 0.05) is 7.11 Å². The Morgan fingerprint density at radius 1 is 0.694 bits per heavy atom. The van der Waals surface area contributed by atoms with Gasteiger partial charge in [-0.2, -0.15) is 0 Å². The monoisotopic (exact) mass is 529 g/mol. The minimum absolute atomic E-state index is 0.0180. The molecule has 10 heteroatoms. The predicted octanol–water partition coefficient (Wildman–Crippen LogP) is 5.28. The molecule has 0 saturated heterocycles. The van der Waals surface area contributed by atoms with Gasteiger partial charge < -0.3 is 4.74 Å². The molecular formula is C26H21F2NO5S2. The Labute approximate surface area is 208 Å². The first kappa shape index (κ1) is 25.6. The fourth-order valence-corrected chi connectivity index (χ4v) is 7.25. The van der Waals surface area contributed by atoms with Crippen molar-refractivity contribution in [3.05, 3.63) is 109 Å². The largest absolute Gasteiger partial charge is 0.367 e. The molecule has 0 fully saturated rings. The van der Waals surface area contributed by atoms with Gasteiger partial charge in [0.05, 0.1) is 4.90 Å². The van der Waals surface area contributed by atoms with E-state index in [0.717, 1.165) is 36.4 Å². The topological polar surface area (TPSA) is 80.8 Å². The van der Waals surface area contributed by atoms with Crippen LogP contribution in [-0.2, 0) is 24.8 Å². The minimum atomic E-state index is -5.06. The molecule has 0 N–H and O–H groups in total. The lowest BCUT2D eigenvalue weighted by Crippen LogP contribution is -2.38. The Morgan fingerprint density at radius 2 is 1.28 bits per heavy atom. The molecule has 36 heavy (non-hydrogen) atoms. The summed E-state index contributed by atoms with van der Waals surface area (Å²) in [6, 6.07) is 25.0. The normalized spacial score (nSPS) is 12.1. The predicted molar refractivity (Wildman–Crippen MR) is 132 cm³/mol. The quantitative estimate of drug-likeness (QED) is 0.290. The summed E-state index contributed by atoms with van der Waals surface area (Å²) in [5, 5.41) is 0. The zero-order valence-corrected chi connectivity index (χ0v) is 20.6. The Bertz CT molecular complexity index is 1590. The highest BCUT2D eigenvalue weighted by Gasteiger charge is 2.39. The Hall–Kier alpha value is -3.44. The van der Waals surface area contributed by atoms with Crippen LogP contribution in [0.3, 0.4) is 0 Å². The molecule has 0 saturated carbocycles. The van der Waals surface area contributed by atoms with Gasteiger partial charge >= 0.3 is 0 Å². The molecule has 0 aromatic heterocycles. The molecular weight excluding hydrogens is 508 g/mol. The number of ether oxygens (including phenoxy) is 1. The smallest absolute Gasteiger partial charge is 0.261 e. The maximum absolute atomic E-state index is 14.4. The van der Waals surface area contributed by atoms with E-state index in [1.54, 1.807) is 30.3 Å². The molecule has 0 heterocycles. The minimum Gasteiger partial charge on any atom is -0.367 e. The fourth-order valence-electron chi connectivity index (χ4n) is 3.69. The summed E-state index contributed by atoms with van der Waals surface area (Å²) in [6.45, 7) is -0.943. The first-order chi connectivity index (χ1) is 17.2. The fraction of sp³-hybridized carbons (Fsp3) is 0.0769. The van der Waals surface area contributed by atoms with Gasteiger partial charge in [-0.1, -0.05) is 76.5 Å². The molecule has 186 valence electrons. The summed E-state index contributed by atoms with van der Waals surface area (Å²) in [5.41, 5.74) is 2.78. The van der Waals surface area contributed by atoms with Gasteiger partial charge in [0.15, 0.2) is 11.6 Å². The van der Waals surface area contributed by atoms with E-state index < -0.39 is 43.3 Å². The van der Waals surface area contributed by atoms with Crippen molar-refractivity contribution in [2.45, 2.75) is 9.79 Å². The first-order valence-corrected chi connectivity index (χ1v) is 13.5. The lowest BCUT2D eigenvalue weighted by molar-refractivity contribution is 0.154. The standard InChI is InChI=1S/C26H21F2NO5S2/c1-34-18-29(36(32,33)25-14-8-13-24(27)26(25)28)35(30,31)21-15-16-22(19-9-4-2-5-10-19)23(17-21)20-11-6-3-7-12-20/h2-17H,18H2,1H3. The summed E-state index contributed by atoms with van der Waals surface area (Å²) in [4.78, 5) is -1.48. The number of methoxy groups -OCH3 is 1. The third-order valence-electron chi connectivity index (χ3n) is 5.42. The molecule has 4 rings (SSSR count). The van der Waals surface area contributed by atoms with Crippen LogP contribution in [0, 0.1) is 11.6 Å². The van der Waals surface area contributed by atoms with Gasteiger partial charge in [0.2, 0.25) is 0 Å². The van der Waals surface area contributed by atoms with E-state index in [4.69, 9.17) is 4.74 Å². The van der Waals surface area contributed by atoms with Crippen LogP contribution >= 0.6 is 0 Å². The second kappa shape index (κ2) is 10.3. The van der Waals surface area contributed by atoms with Crippen LogP contribution in [0.5, 0.6) is 0 Å². The summed E-state index contributed by atoms with van der Waals surface area (Å²) < 4.78 is 86.7. The van der Waals surface area contributed by atoms with Gasteiger partial charge in [0.25, 0.3) is 20.0 Å². The Balaban J connectivity index is 1.90. The van der Waals surface area contributed by atoms with Crippen LogP contribution < -0.4 is 0 Å². The maximum Gasteiger partial charge on any atom is 0.261 e. The number of halogens is 2. The van der Waals surface area contributed by atoms with Gasteiger partial charge in [0.1, 0.15) is 11.6 Å². The summed E-state index contributed by atoms with van der Waals surface area (Å²) in [7, 11) is -8.76. The molecule has 6 nitrogen and oxygen atoms in total. The van der Waals surface area contributed by atoms with Crippen molar-refractivity contribution in [3.63, 3.8) is 0 Å². The summed E-state index contributed by atoms with van der Waals surface area (Å²) in [6.07, 6.45) is 0. The van der Waals surface area contributed by atoms with E-state index in [1.807, 2.05) is 36.4 Å². The molecule has 0 bridgehead atoms. The van der Waals surface area contributed by atoms with E-state index in [1.165, 1.54) is 12.1 Å². The molecule has 0 amide bonds. The number of benzene rings is 4. The van der Waals surface area contributed by atoms with Crippen molar-refractivity contribution in [2.24, 2.45) is 0 Å².